The van der Waals surface area contributed by atoms with E-state index < -0.39 is 34.4 Å². The number of halogens is 4. The summed E-state index contributed by atoms with van der Waals surface area (Å²) in [6, 6.07) is 9.39. The number of carboxylic acids is 1. The van der Waals surface area contributed by atoms with Crippen LogP contribution in [0.4, 0.5) is 13.6 Å². The second-order valence-corrected chi connectivity index (χ2v) is 11.2. The maximum absolute atomic E-state index is 14.0. The minimum absolute atomic E-state index is 0.299. The molecule has 2 saturated carbocycles. The van der Waals surface area contributed by atoms with E-state index in [9.17, 15) is 18.4 Å². The SMILES string of the molecule is CC(C)(C)OC(=O)NC1(c2ccc(Br)cc2F)CC1.O=C(O)C1(c2ccc(Br)cc2F)CC1. The Kier molecular flexibility index (Phi) is 7.24. The van der Waals surface area contributed by atoms with Gasteiger partial charge in [-0.15, -0.1) is 0 Å². The number of ether oxygens (including phenoxy) is 1. The van der Waals surface area contributed by atoms with Crippen molar-refractivity contribution in [3.8, 4) is 0 Å². The Morgan fingerprint density at radius 3 is 1.79 bits per heavy atom. The zero-order valence-electron chi connectivity index (χ0n) is 18.5. The van der Waals surface area contributed by atoms with Gasteiger partial charge in [0.2, 0.25) is 0 Å². The van der Waals surface area contributed by atoms with Gasteiger partial charge in [0.25, 0.3) is 0 Å². The predicted molar refractivity (Wildman–Crippen MR) is 127 cm³/mol. The monoisotopic (exact) mass is 587 g/mol. The van der Waals surface area contributed by atoms with Crippen molar-refractivity contribution < 1.29 is 28.2 Å². The zero-order chi connectivity index (χ0) is 24.6. The minimum Gasteiger partial charge on any atom is -0.481 e. The van der Waals surface area contributed by atoms with E-state index in [0.717, 1.165) is 12.8 Å². The summed E-state index contributed by atoms with van der Waals surface area (Å²) in [5.74, 6) is -1.69. The van der Waals surface area contributed by atoms with Gasteiger partial charge in [-0.3, -0.25) is 4.79 Å². The average molecular weight is 589 g/mol. The summed E-state index contributed by atoms with van der Waals surface area (Å²) < 4.78 is 33.9. The first-order chi connectivity index (χ1) is 15.3. The highest BCUT2D eigenvalue weighted by molar-refractivity contribution is 9.10. The van der Waals surface area contributed by atoms with Crippen LogP contribution in [0.3, 0.4) is 0 Å². The normalized spacial score (nSPS) is 17.3. The number of aliphatic carboxylic acids is 1. The molecule has 178 valence electrons. The van der Waals surface area contributed by atoms with Crippen LogP contribution < -0.4 is 5.32 Å². The van der Waals surface area contributed by atoms with Gasteiger partial charge in [-0.05, 0) is 70.7 Å². The fraction of sp³-hybridized carbons (Fsp3) is 0.417. The summed E-state index contributed by atoms with van der Waals surface area (Å²) in [6.45, 7) is 5.39. The average Bonchev–Trinajstić information content (AvgIpc) is 3.57. The number of benzene rings is 2. The second kappa shape index (κ2) is 9.33. The Bertz CT molecular complexity index is 1080. The largest absolute Gasteiger partial charge is 0.481 e. The van der Waals surface area contributed by atoms with Gasteiger partial charge in [-0.2, -0.15) is 0 Å². The van der Waals surface area contributed by atoms with Crippen LogP contribution in [0.1, 0.15) is 57.6 Å². The molecule has 9 heteroatoms. The van der Waals surface area contributed by atoms with Crippen LogP contribution in [-0.4, -0.2) is 22.8 Å². The van der Waals surface area contributed by atoms with Crippen molar-refractivity contribution in [2.75, 3.05) is 0 Å². The van der Waals surface area contributed by atoms with Crippen LogP contribution >= 0.6 is 31.9 Å². The standard InChI is InChI=1S/C14H17BrFNO2.C10H8BrFO2/c1-13(2,3)19-12(18)17-14(6-7-14)10-5-4-9(15)8-11(10)16;11-6-1-2-7(8(12)5-6)10(3-4-10)9(13)14/h4-5,8H,6-7H2,1-3H3,(H,17,18);1-2,5H,3-4H2,(H,13,14). The molecule has 5 nitrogen and oxygen atoms in total. The van der Waals surface area contributed by atoms with E-state index in [2.05, 4.69) is 37.2 Å². The van der Waals surface area contributed by atoms with Gasteiger partial charge in [-0.1, -0.05) is 44.0 Å². The Morgan fingerprint density at radius 2 is 1.42 bits per heavy atom. The van der Waals surface area contributed by atoms with E-state index in [-0.39, 0.29) is 5.82 Å². The molecule has 4 rings (SSSR count). The molecule has 33 heavy (non-hydrogen) atoms. The smallest absolute Gasteiger partial charge is 0.408 e. The highest BCUT2D eigenvalue weighted by Gasteiger charge is 2.53. The third-order valence-electron chi connectivity index (χ3n) is 5.54. The quantitative estimate of drug-likeness (QED) is 0.411. The lowest BCUT2D eigenvalue weighted by molar-refractivity contribution is -0.140. The van der Waals surface area contributed by atoms with E-state index in [1.165, 1.54) is 12.1 Å². The Balaban J connectivity index is 0.000000194. The molecule has 2 aromatic rings. The Hall–Kier alpha value is -2.00. The zero-order valence-corrected chi connectivity index (χ0v) is 21.6. The lowest BCUT2D eigenvalue weighted by Crippen LogP contribution is -2.39. The van der Waals surface area contributed by atoms with Gasteiger partial charge < -0.3 is 15.2 Å². The van der Waals surface area contributed by atoms with E-state index >= 15 is 0 Å². The third-order valence-corrected chi connectivity index (χ3v) is 6.53. The summed E-state index contributed by atoms with van der Waals surface area (Å²) in [4.78, 5) is 22.7. The van der Waals surface area contributed by atoms with Gasteiger partial charge in [-0.25, -0.2) is 13.6 Å². The predicted octanol–water partition coefficient (Wildman–Crippen LogP) is 6.81. The molecule has 0 heterocycles. The molecule has 2 aliphatic rings. The summed E-state index contributed by atoms with van der Waals surface area (Å²) in [5.41, 5.74) is -1.30. The number of nitrogens with one attached hydrogen (secondary N) is 1. The molecule has 0 atom stereocenters. The topological polar surface area (TPSA) is 75.6 Å². The molecule has 1 amide bonds. The van der Waals surface area contributed by atoms with Crippen molar-refractivity contribution >= 4 is 43.9 Å². The van der Waals surface area contributed by atoms with Crippen LogP contribution in [0.15, 0.2) is 45.3 Å². The van der Waals surface area contributed by atoms with Crippen LogP contribution in [0.25, 0.3) is 0 Å². The number of amides is 1. The lowest BCUT2D eigenvalue weighted by atomic mass is 9.96. The molecule has 2 aromatic carbocycles. The van der Waals surface area contributed by atoms with Gasteiger partial charge in [0, 0.05) is 20.1 Å². The van der Waals surface area contributed by atoms with Crippen molar-refractivity contribution in [1.29, 1.82) is 0 Å². The number of alkyl carbamates (subject to hydrolysis) is 1. The van der Waals surface area contributed by atoms with Crippen LogP contribution in [0.5, 0.6) is 0 Å². The molecular weight excluding hydrogens is 564 g/mol. The summed E-state index contributed by atoms with van der Waals surface area (Å²) in [6.07, 6.45) is 2.00. The Labute approximate surface area is 208 Å². The first kappa shape index (κ1) is 25.6. The molecular formula is C24H25Br2F2NO4. The number of hydrogen-bond acceptors (Lipinski definition) is 3. The maximum atomic E-state index is 14.0. The molecule has 0 radical (unpaired) electrons. The highest BCUT2D eigenvalue weighted by atomic mass is 79.9. The van der Waals surface area contributed by atoms with E-state index in [4.69, 9.17) is 9.84 Å². The highest BCUT2D eigenvalue weighted by Crippen LogP contribution is 2.49. The van der Waals surface area contributed by atoms with Crippen molar-refractivity contribution in [3.05, 3.63) is 68.1 Å². The summed E-state index contributed by atoms with van der Waals surface area (Å²) in [7, 11) is 0. The molecule has 0 unspecified atom stereocenters. The number of carbonyl (C=O) groups is 2. The van der Waals surface area contributed by atoms with Gasteiger partial charge >= 0.3 is 12.1 Å². The molecule has 0 spiro atoms. The molecule has 2 fully saturated rings. The molecule has 2 N–H and O–H groups in total. The number of carboxylic acid groups (broad SMARTS) is 1. The van der Waals surface area contributed by atoms with Crippen LogP contribution in [0.2, 0.25) is 0 Å². The number of carbonyl (C=O) groups excluding carboxylic acids is 1. The fourth-order valence-corrected chi connectivity index (χ4v) is 4.23. The summed E-state index contributed by atoms with van der Waals surface area (Å²) >= 11 is 6.36. The van der Waals surface area contributed by atoms with E-state index in [0.29, 0.717) is 32.9 Å². The van der Waals surface area contributed by atoms with Gasteiger partial charge in [0.15, 0.2) is 0 Å². The van der Waals surface area contributed by atoms with Gasteiger partial charge in [0.1, 0.15) is 17.2 Å². The van der Waals surface area contributed by atoms with Crippen molar-refractivity contribution in [2.24, 2.45) is 0 Å². The van der Waals surface area contributed by atoms with Crippen LogP contribution in [0, 0.1) is 11.6 Å². The van der Waals surface area contributed by atoms with E-state index in [1.54, 1.807) is 45.0 Å². The first-order valence-electron chi connectivity index (χ1n) is 10.4. The van der Waals surface area contributed by atoms with Gasteiger partial charge in [0.05, 0.1) is 11.0 Å². The fourth-order valence-electron chi connectivity index (χ4n) is 3.56. The number of hydrogen-bond donors (Lipinski definition) is 2. The Morgan fingerprint density at radius 1 is 0.939 bits per heavy atom. The maximum Gasteiger partial charge on any atom is 0.408 e. The second-order valence-electron chi connectivity index (χ2n) is 9.34. The van der Waals surface area contributed by atoms with Crippen molar-refractivity contribution in [2.45, 2.75) is 63.0 Å². The molecule has 0 bridgehead atoms. The first-order valence-corrected chi connectivity index (χ1v) is 12.0. The van der Waals surface area contributed by atoms with Crippen molar-refractivity contribution in [3.63, 3.8) is 0 Å². The third kappa shape index (κ3) is 6.12. The van der Waals surface area contributed by atoms with Crippen LogP contribution in [-0.2, 0) is 20.5 Å². The minimum atomic E-state index is -0.954. The number of rotatable bonds is 4. The van der Waals surface area contributed by atoms with Crippen molar-refractivity contribution in [1.82, 2.24) is 5.32 Å². The van der Waals surface area contributed by atoms with E-state index in [1.807, 2.05) is 0 Å². The molecule has 0 aromatic heterocycles. The molecule has 2 aliphatic carbocycles. The molecule has 0 saturated heterocycles. The lowest BCUT2D eigenvalue weighted by Gasteiger charge is -2.24. The molecule has 0 aliphatic heterocycles. The summed E-state index contributed by atoms with van der Waals surface area (Å²) in [5, 5.41) is 11.8.